The molecule has 1 aromatic rings. The van der Waals surface area contributed by atoms with E-state index in [-0.39, 0.29) is 18.3 Å². The molecular formula is C17H28ClN3O3S. The summed E-state index contributed by atoms with van der Waals surface area (Å²) < 4.78 is 26.7. The molecule has 0 atom stereocenters. The van der Waals surface area contributed by atoms with Crippen molar-refractivity contribution in [2.24, 2.45) is 5.73 Å². The van der Waals surface area contributed by atoms with Gasteiger partial charge in [0.25, 0.3) is 0 Å². The fourth-order valence-corrected chi connectivity index (χ4v) is 4.28. The van der Waals surface area contributed by atoms with E-state index in [4.69, 9.17) is 5.73 Å². The van der Waals surface area contributed by atoms with Gasteiger partial charge in [0, 0.05) is 26.1 Å². The van der Waals surface area contributed by atoms with Crippen LogP contribution in [0.1, 0.15) is 37.7 Å². The molecule has 1 saturated heterocycles. The minimum absolute atomic E-state index is 0. The van der Waals surface area contributed by atoms with Crippen LogP contribution in [0.3, 0.4) is 0 Å². The molecule has 0 spiro atoms. The molecule has 25 heavy (non-hydrogen) atoms. The molecular weight excluding hydrogens is 362 g/mol. The van der Waals surface area contributed by atoms with Gasteiger partial charge in [-0.15, -0.1) is 12.4 Å². The summed E-state index contributed by atoms with van der Waals surface area (Å²) in [6.07, 6.45) is 4.71. The van der Waals surface area contributed by atoms with Crippen LogP contribution >= 0.6 is 12.4 Å². The Morgan fingerprint density at radius 3 is 2.36 bits per heavy atom. The van der Waals surface area contributed by atoms with E-state index in [1.54, 1.807) is 28.6 Å². The van der Waals surface area contributed by atoms with Crippen LogP contribution in [0, 0.1) is 0 Å². The number of piperidine rings is 1. The number of amides is 1. The number of carbonyl (C=O) groups is 1. The van der Waals surface area contributed by atoms with Gasteiger partial charge >= 0.3 is 0 Å². The van der Waals surface area contributed by atoms with Gasteiger partial charge in [0.15, 0.2) is 0 Å². The number of rotatable bonds is 8. The quantitative estimate of drug-likeness (QED) is 0.661. The maximum atomic E-state index is 12.6. The number of hydrogen-bond acceptors (Lipinski definition) is 4. The van der Waals surface area contributed by atoms with Gasteiger partial charge in [0.05, 0.1) is 4.90 Å². The number of nitrogens with zero attached hydrogens (tertiary/aromatic N) is 1. The summed E-state index contributed by atoms with van der Waals surface area (Å²) in [7, 11) is -3.38. The van der Waals surface area contributed by atoms with Crippen molar-refractivity contribution in [3.63, 3.8) is 0 Å². The Kier molecular flexibility index (Phi) is 9.42. The van der Waals surface area contributed by atoms with E-state index in [1.807, 2.05) is 0 Å². The highest BCUT2D eigenvalue weighted by atomic mass is 35.5. The zero-order valence-electron chi connectivity index (χ0n) is 14.4. The van der Waals surface area contributed by atoms with Crippen LogP contribution in [0.2, 0.25) is 0 Å². The lowest BCUT2D eigenvalue weighted by atomic mass is 10.1. The third-order valence-electron chi connectivity index (χ3n) is 4.22. The van der Waals surface area contributed by atoms with Gasteiger partial charge in [-0.3, -0.25) is 4.79 Å². The fourth-order valence-electron chi connectivity index (χ4n) is 2.76. The molecule has 0 unspecified atom stereocenters. The van der Waals surface area contributed by atoms with Gasteiger partial charge in [-0.05, 0) is 49.9 Å². The number of carbonyl (C=O) groups excluding carboxylic acids is 1. The van der Waals surface area contributed by atoms with Crippen LogP contribution in [0.25, 0.3) is 0 Å². The van der Waals surface area contributed by atoms with Crippen molar-refractivity contribution < 1.29 is 13.2 Å². The van der Waals surface area contributed by atoms with Crippen molar-refractivity contribution in [3.05, 3.63) is 29.8 Å². The minimum Gasteiger partial charge on any atom is -0.356 e. The lowest BCUT2D eigenvalue weighted by Crippen LogP contribution is -2.35. The summed E-state index contributed by atoms with van der Waals surface area (Å²) in [4.78, 5) is 12.0. The predicted molar refractivity (Wildman–Crippen MR) is 101 cm³/mol. The van der Waals surface area contributed by atoms with Crippen LogP contribution in [0.15, 0.2) is 29.2 Å². The number of halogens is 1. The molecule has 0 bridgehead atoms. The number of nitrogens with two attached hydrogens (primary N) is 1. The molecule has 1 aromatic carbocycles. The molecule has 1 aliphatic rings. The van der Waals surface area contributed by atoms with Gasteiger partial charge in [0.2, 0.25) is 15.9 Å². The average Bonchev–Trinajstić information content (AvgIpc) is 2.61. The van der Waals surface area contributed by atoms with Gasteiger partial charge in [-0.25, -0.2) is 8.42 Å². The Labute approximate surface area is 156 Å². The molecule has 0 aliphatic carbocycles. The lowest BCUT2D eigenvalue weighted by molar-refractivity contribution is -0.121. The van der Waals surface area contributed by atoms with Gasteiger partial charge in [-0.2, -0.15) is 4.31 Å². The smallest absolute Gasteiger partial charge is 0.243 e. The number of sulfonamides is 1. The zero-order valence-corrected chi connectivity index (χ0v) is 16.1. The Morgan fingerprint density at radius 2 is 1.76 bits per heavy atom. The highest BCUT2D eigenvalue weighted by Gasteiger charge is 2.25. The maximum absolute atomic E-state index is 12.6. The second kappa shape index (κ2) is 10.8. The van der Waals surface area contributed by atoms with Crippen LogP contribution in [0.5, 0.6) is 0 Å². The van der Waals surface area contributed by atoms with Crippen LogP contribution in [0.4, 0.5) is 0 Å². The number of hydrogen-bond donors (Lipinski definition) is 2. The topological polar surface area (TPSA) is 92.5 Å². The highest BCUT2D eigenvalue weighted by Crippen LogP contribution is 2.21. The molecule has 1 amide bonds. The molecule has 1 heterocycles. The highest BCUT2D eigenvalue weighted by molar-refractivity contribution is 7.89. The van der Waals surface area contributed by atoms with E-state index >= 15 is 0 Å². The van der Waals surface area contributed by atoms with E-state index in [1.165, 1.54) is 0 Å². The van der Waals surface area contributed by atoms with Gasteiger partial charge in [-0.1, -0.05) is 18.6 Å². The minimum atomic E-state index is -3.38. The summed E-state index contributed by atoms with van der Waals surface area (Å²) >= 11 is 0. The van der Waals surface area contributed by atoms with E-state index in [2.05, 4.69) is 5.32 Å². The monoisotopic (exact) mass is 389 g/mol. The summed E-state index contributed by atoms with van der Waals surface area (Å²) in [5.74, 6) is -0.00605. The first-order valence-corrected chi connectivity index (χ1v) is 10.0. The second-order valence-electron chi connectivity index (χ2n) is 6.10. The Hall–Kier alpha value is -1.15. The molecule has 0 radical (unpaired) electrons. The zero-order chi connectivity index (χ0) is 17.4. The molecule has 3 N–H and O–H groups in total. The van der Waals surface area contributed by atoms with Gasteiger partial charge in [0.1, 0.15) is 0 Å². The van der Waals surface area contributed by atoms with Crippen molar-refractivity contribution in [2.75, 3.05) is 26.2 Å². The standard InChI is InChI=1S/C17H27N3O3S.ClH/c18-11-4-12-19-17(21)10-7-15-5-8-16(9-6-15)24(22,23)20-13-2-1-3-14-20;/h5-6,8-9H,1-4,7,10-14,18H2,(H,19,21);1H. The second-order valence-corrected chi connectivity index (χ2v) is 8.04. The van der Waals surface area contributed by atoms with Crippen LogP contribution < -0.4 is 11.1 Å². The maximum Gasteiger partial charge on any atom is 0.243 e. The molecule has 6 nitrogen and oxygen atoms in total. The Balaban J connectivity index is 0.00000312. The lowest BCUT2D eigenvalue weighted by Gasteiger charge is -2.25. The SMILES string of the molecule is Cl.NCCCNC(=O)CCc1ccc(S(=O)(=O)N2CCCCC2)cc1. The van der Waals surface area contributed by atoms with Crippen molar-refractivity contribution in [1.82, 2.24) is 9.62 Å². The third kappa shape index (κ3) is 6.58. The number of nitrogens with one attached hydrogen (secondary N) is 1. The predicted octanol–water partition coefficient (Wildman–Crippen LogP) is 1.68. The molecule has 1 fully saturated rings. The van der Waals surface area contributed by atoms with E-state index in [0.29, 0.717) is 43.9 Å². The number of benzene rings is 1. The van der Waals surface area contributed by atoms with E-state index in [0.717, 1.165) is 31.2 Å². The summed E-state index contributed by atoms with van der Waals surface area (Å²) in [6, 6.07) is 6.88. The first kappa shape index (κ1) is 21.9. The first-order chi connectivity index (χ1) is 11.5. The summed E-state index contributed by atoms with van der Waals surface area (Å²) in [5.41, 5.74) is 6.34. The Morgan fingerprint density at radius 1 is 1.12 bits per heavy atom. The molecule has 0 aromatic heterocycles. The van der Waals surface area contributed by atoms with Crippen molar-refractivity contribution in [2.45, 2.75) is 43.4 Å². The first-order valence-electron chi connectivity index (χ1n) is 8.60. The molecule has 2 rings (SSSR count). The third-order valence-corrected chi connectivity index (χ3v) is 6.13. The molecule has 8 heteroatoms. The summed E-state index contributed by atoms with van der Waals surface area (Å²) in [5, 5.41) is 2.81. The normalized spacial score (nSPS) is 15.4. The average molecular weight is 390 g/mol. The van der Waals surface area contributed by atoms with Crippen LogP contribution in [-0.4, -0.2) is 44.8 Å². The fraction of sp³-hybridized carbons (Fsp3) is 0.588. The van der Waals surface area contributed by atoms with Crippen molar-refractivity contribution >= 4 is 28.3 Å². The molecule has 142 valence electrons. The summed E-state index contributed by atoms with van der Waals surface area (Å²) in [6.45, 7) is 2.37. The Bertz CT molecular complexity index is 629. The van der Waals surface area contributed by atoms with Crippen molar-refractivity contribution in [1.29, 1.82) is 0 Å². The van der Waals surface area contributed by atoms with E-state index < -0.39 is 10.0 Å². The van der Waals surface area contributed by atoms with Crippen LogP contribution in [-0.2, 0) is 21.2 Å². The van der Waals surface area contributed by atoms with E-state index in [9.17, 15) is 13.2 Å². The molecule has 1 aliphatic heterocycles. The van der Waals surface area contributed by atoms with Crippen molar-refractivity contribution in [3.8, 4) is 0 Å². The molecule has 0 saturated carbocycles. The van der Waals surface area contributed by atoms with Gasteiger partial charge < -0.3 is 11.1 Å². The largest absolute Gasteiger partial charge is 0.356 e. The number of aryl methyl sites for hydroxylation is 1.